The molecule has 1 aliphatic heterocycles. The molecule has 0 saturated carbocycles. The standard InChI is InChI=1S/C16H18N2O/c1-11-5-7-13-15(9-11)17(2)14-8-6-12(19-4)10-16(14)18(13)3/h5-10H,1-4H3. The first kappa shape index (κ1) is 11.9. The lowest BCUT2D eigenvalue weighted by Gasteiger charge is -2.36. The minimum atomic E-state index is 0.884. The van der Waals surface area contributed by atoms with Gasteiger partial charge in [-0.25, -0.2) is 0 Å². The van der Waals surface area contributed by atoms with E-state index >= 15 is 0 Å². The average Bonchev–Trinajstić information content (AvgIpc) is 2.44. The highest BCUT2D eigenvalue weighted by Crippen LogP contribution is 2.47. The van der Waals surface area contributed by atoms with Gasteiger partial charge in [-0.15, -0.1) is 0 Å². The second kappa shape index (κ2) is 4.19. The van der Waals surface area contributed by atoms with E-state index < -0.39 is 0 Å². The van der Waals surface area contributed by atoms with Crippen LogP contribution in [0.15, 0.2) is 36.4 Å². The zero-order valence-corrected chi connectivity index (χ0v) is 11.8. The number of rotatable bonds is 1. The number of benzene rings is 2. The Morgan fingerprint density at radius 1 is 0.789 bits per heavy atom. The number of ether oxygens (including phenoxy) is 1. The summed E-state index contributed by atoms with van der Waals surface area (Å²) in [5, 5.41) is 0. The van der Waals surface area contributed by atoms with Gasteiger partial charge in [0.05, 0.1) is 29.9 Å². The second-order valence-electron chi connectivity index (χ2n) is 4.96. The van der Waals surface area contributed by atoms with E-state index in [0.717, 1.165) is 5.75 Å². The molecule has 0 spiro atoms. The largest absolute Gasteiger partial charge is 0.497 e. The van der Waals surface area contributed by atoms with Gasteiger partial charge in [-0.05, 0) is 36.8 Å². The number of hydrogen-bond donors (Lipinski definition) is 0. The maximum absolute atomic E-state index is 5.33. The van der Waals surface area contributed by atoms with Crippen LogP contribution in [0, 0.1) is 6.92 Å². The van der Waals surface area contributed by atoms with Crippen molar-refractivity contribution in [3.63, 3.8) is 0 Å². The maximum Gasteiger partial charge on any atom is 0.121 e. The molecule has 0 N–H and O–H groups in total. The van der Waals surface area contributed by atoms with Crippen molar-refractivity contribution >= 4 is 22.7 Å². The Balaban J connectivity index is 2.20. The van der Waals surface area contributed by atoms with Gasteiger partial charge in [0.1, 0.15) is 5.75 Å². The van der Waals surface area contributed by atoms with Crippen LogP contribution in [0.2, 0.25) is 0 Å². The van der Waals surface area contributed by atoms with E-state index in [2.05, 4.69) is 61.2 Å². The molecule has 0 atom stereocenters. The number of fused-ring (bicyclic) bond motifs is 2. The maximum atomic E-state index is 5.33. The van der Waals surface area contributed by atoms with E-state index in [1.165, 1.54) is 28.3 Å². The molecule has 19 heavy (non-hydrogen) atoms. The van der Waals surface area contributed by atoms with Crippen LogP contribution >= 0.6 is 0 Å². The quantitative estimate of drug-likeness (QED) is 0.768. The predicted octanol–water partition coefficient (Wildman–Crippen LogP) is 3.85. The Morgan fingerprint density at radius 3 is 2.00 bits per heavy atom. The average molecular weight is 254 g/mol. The molecule has 1 aliphatic rings. The van der Waals surface area contributed by atoms with Crippen LogP contribution in [0.5, 0.6) is 5.75 Å². The van der Waals surface area contributed by atoms with Gasteiger partial charge in [0, 0.05) is 20.2 Å². The van der Waals surface area contributed by atoms with Crippen molar-refractivity contribution < 1.29 is 4.74 Å². The van der Waals surface area contributed by atoms with Crippen molar-refractivity contribution in [2.24, 2.45) is 0 Å². The van der Waals surface area contributed by atoms with Crippen molar-refractivity contribution in [3.8, 4) is 5.75 Å². The van der Waals surface area contributed by atoms with Crippen LogP contribution in [0.3, 0.4) is 0 Å². The summed E-state index contributed by atoms with van der Waals surface area (Å²) in [6.07, 6.45) is 0. The molecule has 0 unspecified atom stereocenters. The lowest BCUT2D eigenvalue weighted by atomic mass is 10.1. The third-order valence-electron chi connectivity index (χ3n) is 3.76. The molecule has 0 radical (unpaired) electrons. The molecule has 0 saturated heterocycles. The fourth-order valence-corrected chi connectivity index (χ4v) is 2.63. The summed E-state index contributed by atoms with van der Waals surface area (Å²) in [4.78, 5) is 4.45. The molecular formula is C16H18N2O. The molecule has 3 nitrogen and oxygen atoms in total. The summed E-state index contributed by atoms with van der Waals surface area (Å²) in [7, 11) is 5.90. The SMILES string of the molecule is COc1ccc2c(c1)N(C)c1ccc(C)cc1N2C. The van der Waals surface area contributed by atoms with Crippen LogP contribution < -0.4 is 14.5 Å². The van der Waals surface area contributed by atoms with Crippen molar-refractivity contribution in [2.45, 2.75) is 6.92 Å². The number of anilines is 4. The van der Waals surface area contributed by atoms with Crippen molar-refractivity contribution in [2.75, 3.05) is 31.0 Å². The summed E-state index contributed by atoms with van der Waals surface area (Å²) < 4.78 is 5.33. The van der Waals surface area contributed by atoms with E-state index in [4.69, 9.17) is 4.74 Å². The highest BCUT2D eigenvalue weighted by atomic mass is 16.5. The molecule has 0 aliphatic carbocycles. The first-order valence-electron chi connectivity index (χ1n) is 6.38. The third kappa shape index (κ3) is 1.73. The van der Waals surface area contributed by atoms with Crippen LogP contribution in [0.1, 0.15) is 5.56 Å². The summed E-state index contributed by atoms with van der Waals surface area (Å²) in [6.45, 7) is 2.12. The highest BCUT2D eigenvalue weighted by Gasteiger charge is 2.24. The van der Waals surface area contributed by atoms with Crippen molar-refractivity contribution in [1.82, 2.24) is 0 Å². The molecule has 0 amide bonds. The van der Waals surface area contributed by atoms with E-state index in [-0.39, 0.29) is 0 Å². The van der Waals surface area contributed by atoms with Crippen LogP contribution in [0.25, 0.3) is 0 Å². The molecule has 1 heterocycles. The summed E-state index contributed by atoms with van der Waals surface area (Å²) in [6, 6.07) is 12.7. The minimum Gasteiger partial charge on any atom is -0.497 e. The summed E-state index contributed by atoms with van der Waals surface area (Å²) in [5.74, 6) is 0.884. The monoisotopic (exact) mass is 254 g/mol. The van der Waals surface area contributed by atoms with Gasteiger partial charge in [0.15, 0.2) is 0 Å². The van der Waals surface area contributed by atoms with Crippen LogP contribution in [0.4, 0.5) is 22.7 Å². The zero-order chi connectivity index (χ0) is 13.6. The van der Waals surface area contributed by atoms with E-state index in [1.807, 2.05) is 6.07 Å². The Hall–Kier alpha value is -2.16. The molecule has 98 valence electrons. The van der Waals surface area contributed by atoms with Gasteiger partial charge in [0.25, 0.3) is 0 Å². The Kier molecular flexibility index (Phi) is 2.63. The topological polar surface area (TPSA) is 15.7 Å². The van der Waals surface area contributed by atoms with E-state index in [9.17, 15) is 0 Å². The normalized spacial score (nSPS) is 13.1. The Morgan fingerprint density at radius 2 is 1.37 bits per heavy atom. The summed E-state index contributed by atoms with van der Waals surface area (Å²) in [5.41, 5.74) is 6.09. The second-order valence-corrected chi connectivity index (χ2v) is 4.96. The fourth-order valence-electron chi connectivity index (χ4n) is 2.63. The Bertz CT molecular complexity index is 637. The molecule has 2 aromatic rings. The van der Waals surface area contributed by atoms with E-state index in [0.29, 0.717) is 0 Å². The number of aryl methyl sites for hydroxylation is 1. The lowest BCUT2D eigenvalue weighted by molar-refractivity contribution is 0.415. The van der Waals surface area contributed by atoms with Gasteiger partial charge in [-0.1, -0.05) is 6.07 Å². The fraction of sp³-hybridized carbons (Fsp3) is 0.250. The van der Waals surface area contributed by atoms with Gasteiger partial charge in [-0.2, -0.15) is 0 Å². The number of methoxy groups -OCH3 is 1. The molecule has 3 rings (SSSR count). The van der Waals surface area contributed by atoms with Gasteiger partial charge in [-0.3, -0.25) is 0 Å². The lowest BCUT2D eigenvalue weighted by Crippen LogP contribution is -2.24. The van der Waals surface area contributed by atoms with Gasteiger partial charge >= 0.3 is 0 Å². The molecule has 0 bridgehead atoms. The first-order valence-corrected chi connectivity index (χ1v) is 6.38. The number of nitrogens with zero attached hydrogens (tertiary/aromatic N) is 2. The molecule has 3 heteroatoms. The zero-order valence-electron chi connectivity index (χ0n) is 11.8. The van der Waals surface area contributed by atoms with Crippen LogP contribution in [-0.2, 0) is 0 Å². The van der Waals surface area contributed by atoms with E-state index in [1.54, 1.807) is 7.11 Å². The predicted molar refractivity (Wildman–Crippen MR) is 80.3 cm³/mol. The molecule has 0 aromatic heterocycles. The molecule has 0 fully saturated rings. The third-order valence-corrected chi connectivity index (χ3v) is 3.76. The van der Waals surface area contributed by atoms with Crippen LogP contribution in [-0.4, -0.2) is 21.2 Å². The van der Waals surface area contributed by atoms with Gasteiger partial charge in [0.2, 0.25) is 0 Å². The Labute approximate surface area is 114 Å². The minimum absolute atomic E-state index is 0.884. The summed E-state index contributed by atoms with van der Waals surface area (Å²) >= 11 is 0. The first-order chi connectivity index (χ1) is 9.11. The molecular weight excluding hydrogens is 236 g/mol. The smallest absolute Gasteiger partial charge is 0.121 e. The highest BCUT2D eigenvalue weighted by molar-refractivity contribution is 5.93. The van der Waals surface area contributed by atoms with Gasteiger partial charge < -0.3 is 14.5 Å². The molecule has 2 aromatic carbocycles. The number of hydrogen-bond acceptors (Lipinski definition) is 3. The van der Waals surface area contributed by atoms with Crippen molar-refractivity contribution in [3.05, 3.63) is 42.0 Å². The van der Waals surface area contributed by atoms with Crippen molar-refractivity contribution in [1.29, 1.82) is 0 Å².